The van der Waals surface area contributed by atoms with E-state index in [1.807, 2.05) is 0 Å². The summed E-state index contributed by atoms with van der Waals surface area (Å²) >= 11 is 1.03. The molecule has 128 valence electrons. The minimum atomic E-state index is -3.75. The van der Waals surface area contributed by atoms with E-state index in [-0.39, 0.29) is 4.21 Å². The van der Waals surface area contributed by atoms with Crippen molar-refractivity contribution in [2.24, 2.45) is 0 Å². The van der Waals surface area contributed by atoms with E-state index in [0.29, 0.717) is 11.3 Å². The van der Waals surface area contributed by atoms with Crippen LogP contribution in [0.2, 0.25) is 0 Å². The van der Waals surface area contributed by atoms with Gasteiger partial charge in [-0.2, -0.15) is 4.72 Å². The summed E-state index contributed by atoms with van der Waals surface area (Å²) in [4.78, 5) is 23.5. The number of carbonyl (C=O) groups is 2. The Morgan fingerprint density at radius 3 is 2.67 bits per heavy atom. The van der Waals surface area contributed by atoms with Crippen LogP contribution in [0.1, 0.15) is 10.4 Å². The number of ketones is 1. The van der Waals surface area contributed by atoms with Crippen molar-refractivity contribution in [1.29, 1.82) is 0 Å². The largest absolute Gasteiger partial charge is 0.497 e. The second kappa shape index (κ2) is 8.04. The molecule has 2 aromatic rings. The number of Topliss-reactive ketones (excluding diaryl/α,β-unsaturated/α-hetero) is 1. The van der Waals surface area contributed by atoms with Crippen molar-refractivity contribution in [1.82, 2.24) is 4.72 Å². The Labute approximate surface area is 143 Å². The summed E-state index contributed by atoms with van der Waals surface area (Å²) in [6.07, 6.45) is 0. The van der Waals surface area contributed by atoms with Crippen molar-refractivity contribution >= 4 is 33.1 Å². The summed E-state index contributed by atoms with van der Waals surface area (Å²) in [7, 11) is -2.27. The van der Waals surface area contributed by atoms with Crippen LogP contribution in [0.4, 0.5) is 0 Å². The number of carbonyl (C=O) groups excluding carboxylic acids is 2. The lowest BCUT2D eigenvalue weighted by atomic mass is 10.1. The van der Waals surface area contributed by atoms with E-state index in [1.165, 1.54) is 19.2 Å². The van der Waals surface area contributed by atoms with Crippen LogP contribution in [-0.2, 0) is 19.6 Å². The van der Waals surface area contributed by atoms with Gasteiger partial charge in [0.1, 0.15) is 16.5 Å². The normalized spacial score (nSPS) is 11.0. The molecule has 9 heteroatoms. The van der Waals surface area contributed by atoms with Crippen LogP contribution < -0.4 is 9.46 Å². The summed E-state index contributed by atoms with van der Waals surface area (Å²) in [5.74, 6) is -0.745. The molecule has 0 aliphatic heterocycles. The summed E-state index contributed by atoms with van der Waals surface area (Å²) in [5.41, 5.74) is 0.335. The number of thiophene rings is 1. The fraction of sp³-hybridized carbons (Fsp3) is 0.200. The molecule has 0 saturated carbocycles. The van der Waals surface area contributed by atoms with E-state index in [0.717, 1.165) is 11.3 Å². The molecule has 0 radical (unpaired) electrons. The molecule has 0 saturated heterocycles. The van der Waals surface area contributed by atoms with Crippen LogP contribution in [0.15, 0.2) is 46.0 Å². The zero-order chi connectivity index (χ0) is 17.6. The Hall–Kier alpha value is -2.23. The maximum atomic E-state index is 11.9. The van der Waals surface area contributed by atoms with Crippen molar-refractivity contribution in [3.05, 3.63) is 47.3 Å². The fourth-order valence-electron chi connectivity index (χ4n) is 1.72. The van der Waals surface area contributed by atoms with Crippen LogP contribution in [-0.4, -0.2) is 40.4 Å². The van der Waals surface area contributed by atoms with Crippen LogP contribution in [0, 0.1) is 0 Å². The minimum Gasteiger partial charge on any atom is -0.497 e. The predicted molar refractivity (Wildman–Crippen MR) is 87.8 cm³/mol. The molecule has 0 amide bonds. The van der Waals surface area contributed by atoms with Crippen molar-refractivity contribution in [2.45, 2.75) is 4.21 Å². The average molecular weight is 369 g/mol. The molecule has 2 rings (SSSR count). The summed E-state index contributed by atoms with van der Waals surface area (Å²) in [6, 6.07) is 9.42. The number of benzene rings is 1. The molecule has 1 N–H and O–H groups in total. The standard InChI is InChI=1S/C15H15NO6S2/c1-21-12-5-2-4-11(8-12)13(17)10-22-14(18)9-16-24(19,20)15-6-3-7-23-15/h2-8,16H,9-10H2,1H3. The highest BCUT2D eigenvalue weighted by Crippen LogP contribution is 2.15. The summed E-state index contributed by atoms with van der Waals surface area (Å²) in [5, 5.41) is 1.61. The van der Waals surface area contributed by atoms with Gasteiger partial charge in [-0.1, -0.05) is 18.2 Å². The first-order valence-corrected chi connectivity index (χ1v) is 9.15. The van der Waals surface area contributed by atoms with E-state index < -0.39 is 34.9 Å². The highest BCUT2D eigenvalue weighted by molar-refractivity contribution is 7.91. The van der Waals surface area contributed by atoms with Crippen LogP contribution in [0.3, 0.4) is 0 Å². The summed E-state index contributed by atoms with van der Waals surface area (Å²) < 4.78 is 35.7. The van der Waals surface area contributed by atoms with Crippen LogP contribution >= 0.6 is 11.3 Å². The number of rotatable bonds is 8. The Balaban J connectivity index is 1.83. The molecular formula is C15H15NO6S2. The second-order valence-electron chi connectivity index (χ2n) is 4.57. The average Bonchev–Trinajstić information content (AvgIpc) is 3.13. The molecule has 24 heavy (non-hydrogen) atoms. The zero-order valence-electron chi connectivity index (χ0n) is 12.7. The van der Waals surface area contributed by atoms with Crippen LogP contribution in [0.25, 0.3) is 0 Å². The van der Waals surface area contributed by atoms with Gasteiger partial charge >= 0.3 is 5.97 Å². The van der Waals surface area contributed by atoms with Gasteiger partial charge in [0, 0.05) is 5.56 Å². The predicted octanol–water partition coefficient (Wildman–Crippen LogP) is 1.46. The number of sulfonamides is 1. The third-order valence-electron chi connectivity index (χ3n) is 2.92. The maximum Gasteiger partial charge on any atom is 0.321 e. The molecule has 0 fully saturated rings. The lowest BCUT2D eigenvalue weighted by molar-refractivity contribution is -0.141. The Kier molecular flexibility index (Phi) is 6.07. The third-order valence-corrected chi connectivity index (χ3v) is 5.72. The second-order valence-corrected chi connectivity index (χ2v) is 7.51. The first kappa shape index (κ1) is 18.1. The maximum absolute atomic E-state index is 11.9. The molecule has 0 atom stereocenters. The fourth-order valence-corrected chi connectivity index (χ4v) is 3.72. The number of ether oxygens (including phenoxy) is 2. The third kappa shape index (κ3) is 4.88. The van der Waals surface area contributed by atoms with Gasteiger partial charge < -0.3 is 9.47 Å². The Morgan fingerprint density at radius 1 is 1.21 bits per heavy atom. The zero-order valence-corrected chi connectivity index (χ0v) is 14.4. The van der Waals surface area contributed by atoms with Gasteiger partial charge in [0.05, 0.1) is 7.11 Å². The van der Waals surface area contributed by atoms with Gasteiger partial charge in [-0.15, -0.1) is 11.3 Å². The van der Waals surface area contributed by atoms with Crippen molar-refractivity contribution in [3.8, 4) is 5.75 Å². The molecule has 1 aromatic heterocycles. The van der Waals surface area contributed by atoms with Crippen molar-refractivity contribution < 1.29 is 27.5 Å². The molecule has 0 unspecified atom stereocenters. The van der Waals surface area contributed by atoms with Gasteiger partial charge in [-0.05, 0) is 23.6 Å². The molecular weight excluding hydrogens is 354 g/mol. The SMILES string of the molecule is COc1cccc(C(=O)COC(=O)CNS(=O)(=O)c2cccs2)c1. The van der Waals surface area contributed by atoms with Crippen molar-refractivity contribution in [2.75, 3.05) is 20.3 Å². The first-order valence-electron chi connectivity index (χ1n) is 6.78. The molecule has 7 nitrogen and oxygen atoms in total. The molecule has 0 bridgehead atoms. The first-order chi connectivity index (χ1) is 11.4. The van der Waals surface area contributed by atoms with Gasteiger partial charge in [-0.25, -0.2) is 8.42 Å². The van der Waals surface area contributed by atoms with Crippen LogP contribution in [0.5, 0.6) is 5.75 Å². The van der Waals surface area contributed by atoms with Crippen molar-refractivity contribution in [3.63, 3.8) is 0 Å². The van der Waals surface area contributed by atoms with Gasteiger partial charge in [0.25, 0.3) is 10.0 Å². The molecule has 0 spiro atoms. The molecule has 1 aromatic carbocycles. The topological polar surface area (TPSA) is 98.8 Å². The lowest BCUT2D eigenvalue weighted by Crippen LogP contribution is -2.31. The number of nitrogens with one attached hydrogen (secondary N) is 1. The smallest absolute Gasteiger partial charge is 0.321 e. The minimum absolute atomic E-state index is 0.0998. The summed E-state index contributed by atoms with van der Waals surface area (Å²) in [6.45, 7) is -1.03. The number of esters is 1. The Morgan fingerprint density at radius 2 is 2.00 bits per heavy atom. The lowest BCUT2D eigenvalue weighted by Gasteiger charge is -2.07. The molecule has 0 aliphatic carbocycles. The number of hydrogen-bond donors (Lipinski definition) is 1. The highest BCUT2D eigenvalue weighted by atomic mass is 32.2. The highest BCUT2D eigenvalue weighted by Gasteiger charge is 2.17. The quantitative estimate of drug-likeness (QED) is 0.559. The monoisotopic (exact) mass is 369 g/mol. The molecule has 0 aliphatic rings. The van der Waals surface area contributed by atoms with E-state index in [4.69, 9.17) is 9.47 Å². The van der Waals surface area contributed by atoms with Gasteiger partial charge in [0.15, 0.2) is 12.4 Å². The van der Waals surface area contributed by atoms with Gasteiger partial charge in [0.2, 0.25) is 0 Å². The van der Waals surface area contributed by atoms with E-state index in [1.54, 1.807) is 29.6 Å². The Bertz CT molecular complexity index is 814. The van der Waals surface area contributed by atoms with E-state index in [2.05, 4.69) is 4.72 Å². The molecule has 1 heterocycles. The van der Waals surface area contributed by atoms with E-state index >= 15 is 0 Å². The number of hydrogen-bond acceptors (Lipinski definition) is 7. The number of methoxy groups -OCH3 is 1. The van der Waals surface area contributed by atoms with Gasteiger partial charge in [-0.3, -0.25) is 9.59 Å². The van der Waals surface area contributed by atoms with E-state index in [9.17, 15) is 18.0 Å².